The molecule has 0 atom stereocenters. The standard InChI is InChI=1S/C12H18N4O2S/c13-9-7-10(17)15-12(14-9)19-8-11(18)16-5-3-1-2-4-6-16/h7H,1-6,8H2,(H3,13,14,15,17). The predicted molar refractivity (Wildman–Crippen MR) is 75.0 cm³/mol. The second kappa shape index (κ2) is 6.60. The summed E-state index contributed by atoms with van der Waals surface area (Å²) in [4.78, 5) is 31.7. The average Bonchev–Trinajstić information content (AvgIpc) is 2.63. The Hall–Kier alpha value is -1.50. The van der Waals surface area contributed by atoms with E-state index in [1.807, 2.05) is 4.90 Å². The molecule has 0 unspecified atom stereocenters. The van der Waals surface area contributed by atoms with Gasteiger partial charge in [0.15, 0.2) is 5.16 Å². The number of nitrogens with one attached hydrogen (secondary N) is 1. The van der Waals surface area contributed by atoms with Gasteiger partial charge in [-0.25, -0.2) is 4.98 Å². The fourth-order valence-electron chi connectivity index (χ4n) is 2.06. The van der Waals surface area contributed by atoms with E-state index in [2.05, 4.69) is 9.97 Å². The first-order chi connectivity index (χ1) is 9.15. The normalized spacial score (nSPS) is 16.1. The smallest absolute Gasteiger partial charge is 0.253 e. The lowest BCUT2D eigenvalue weighted by atomic mass is 10.2. The van der Waals surface area contributed by atoms with Crippen molar-refractivity contribution in [2.24, 2.45) is 0 Å². The molecule has 1 aromatic heterocycles. The molecule has 2 heterocycles. The number of likely N-dealkylation sites (tertiary alicyclic amines) is 1. The number of carbonyl (C=O) groups is 1. The minimum atomic E-state index is -0.294. The van der Waals surface area contributed by atoms with E-state index in [0.717, 1.165) is 25.9 Å². The molecular formula is C12H18N4O2S. The molecule has 0 aromatic carbocycles. The molecule has 7 heteroatoms. The van der Waals surface area contributed by atoms with Gasteiger partial charge >= 0.3 is 0 Å². The van der Waals surface area contributed by atoms with Crippen LogP contribution in [0.5, 0.6) is 0 Å². The van der Waals surface area contributed by atoms with Crippen LogP contribution >= 0.6 is 11.8 Å². The van der Waals surface area contributed by atoms with E-state index in [0.29, 0.717) is 5.16 Å². The third-order valence-corrected chi connectivity index (χ3v) is 3.89. The average molecular weight is 282 g/mol. The molecule has 1 amide bonds. The van der Waals surface area contributed by atoms with E-state index in [1.165, 1.54) is 30.7 Å². The van der Waals surface area contributed by atoms with Crippen molar-refractivity contribution in [1.82, 2.24) is 14.9 Å². The number of aromatic nitrogens is 2. The molecule has 2 rings (SSSR count). The first-order valence-electron chi connectivity index (χ1n) is 6.42. The second-order valence-electron chi connectivity index (χ2n) is 4.56. The summed E-state index contributed by atoms with van der Waals surface area (Å²) >= 11 is 1.22. The number of thioether (sulfide) groups is 1. The highest BCUT2D eigenvalue weighted by molar-refractivity contribution is 7.99. The lowest BCUT2D eigenvalue weighted by molar-refractivity contribution is -0.128. The highest BCUT2D eigenvalue weighted by Crippen LogP contribution is 2.15. The summed E-state index contributed by atoms with van der Waals surface area (Å²) in [6.45, 7) is 1.67. The van der Waals surface area contributed by atoms with Gasteiger partial charge in [-0.15, -0.1) is 0 Å². The number of H-pyrrole nitrogens is 1. The van der Waals surface area contributed by atoms with Crippen LogP contribution in [0.3, 0.4) is 0 Å². The highest BCUT2D eigenvalue weighted by Gasteiger charge is 2.16. The van der Waals surface area contributed by atoms with Gasteiger partial charge in [-0.1, -0.05) is 24.6 Å². The molecule has 0 radical (unpaired) electrons. The second-order valence-corrected chi connectivity index (χ2v) is 5.52. The third-order valence-electron chi connectivity index (χ3n) is 3.03. The molecule has 1 fully saturated rings. The van der Waals surface area contributed by atoms with Gasteiger partial charge in [0.25, 0.3) is 5.56 Å². The molecule has 19 heavy (non-hydrogen) atoms. The lowest BCUT2D eigenvalue weighted by Gasteiger charge is -2.19. The number of nitrogens with two attached hydrogens (primary N) is 1. The number of nitrogen functional groups attached to an aromatic ring is 1. The van der Waals surface area contributed by atoms with E-state index >= 15 is 0 Å². The van der Waals surface area contributed by atoms with E-state index < -0.39 is 0 Å². The van der Waals surface area contributed by atoms with Crippen LogP contribution in [-0.4, -0.2) is 39.6 Å². The van der Waals surface area contributed by atoms with Gasteiger partial charge in [-0.3, -0.25) is 9.59 Å². The monoisotopic (exact) mass is 282 g/mol. The van der Waals surface area contributed by atoms with Crippen LogP contribution in [-0.2, 0) is 4.79 Å². The highest BCUT2D eigenvalue weighted by atomic mass is 32.2. The number of anilines is 1. The third kappa shape index (κ3) is 4.27. The van der Waals surface area contributed by atoms with Crippen LogP contribution in [0.2, 0.25) is 0 Å². The maximum atomic E-state index is 12.0. The van der Waals surface area contributed by atoms with Gasteiger partial charge in [-0.2, -0.15) is 0 Å². The van der Waals surface area contributed by atoms with E-state index in [4.69, 9.17) is 5.73 Å². The quantitative estimate of drug-likeness (QED) is 0.633. The van der Waals surface area contributed by atoms with Gasteiger partial charge in [-0.05, 0) is 12.8 Å². The summed E-state index contributed by atoms with van der Waals surface area (Å²) in [7, 11) is 0. The fraction of sp³-hybridized carbons (Fsp3) is 0.583. The van der Waals surface area contributed by atoms with Crippen LogP contribution in [0.4, 0.5) is 5.82 Å². The fourth-order valence-corrected chi connectivity index (χ4v) is 2.85. The van der Waals surface area contributed by atoms with Crippen molar-refractivity contribution in [2.75, 3.05) is 24.6 Å². The molecule has 104 valence electrons. The summed E-state index contributed by atoms with van der Waals surface area (Å²) in [5, 5.41) is 0.396. The van der Waals surface area contributed by atoms with Crippen molar-refractivity contribution in [2.45, 2.75) is 30.8 Å². The zero-order valence-corrected chi connectivity index (χ0v) is 11.5. The number of nitrogens with zero attached hydrogens (tertiary/aromatic N) is 2. The van der Waals surface area contributed by atoms with Gasteiger partial charge in [0.1, 0.15) is 5.82 Å². The van der Waals surface area contributed by atoms with Crippen molar-refractivity contribution < 1.29 is 4.79 Å². The molecule has 0 bridgehead atoms. The number of carbonyl (C=O) groups excluding carboxylic acids is 1. The minimum absolute atomic E-state index is 0.0944. The Balaban J connectivity index is 1.90. The topological polar surface area (TPSA) is 92.1 Å². The van der Waals surface area contributed by atoms with Gasteiger partial charge in [0, 0.05) is 19.2 Å². The van der Waals surface area contributed by atoms with Crippen molar-refractivity contribution >= 4 is 23.5 Å². The minimum Gasteiger partial charge on any atom is -0.383 e. The molecule has 3 N–H and O–H groups in total. The molecule has 0 saturated carbocycles. The van der Waals surface area contributed by atoms with E-state index in [9.17, 15) is 9.59 Å². The Kier molecular flexibility index (Phi) is 4.84. The van der Waals surface area contributed by atoms with Crippen molar-refractivity contribution in [1.29, 1.82) is 0 Å². The Bertz CT molecular complexity index is 495. The number of rotatable bonds is 3. The summed E-state index contributed by atoms with van der Waals surface area (Å²) in [6.07, 6.45) is 4.54. The van der Waals surface area contributed by atoms with Crippen molar-refractivity contribution in [3.8, 4) is 0 Å². The molecule has 1 aliphatic rings. The molecule has 0 aliphatic carbocycles. The number of aromatic amines is 1. The number of amides is 1. The molecule has 1 aromatic rings. The van der Waals surface area contributed by atoms with Crippen molar-refractivity contribution in [3.05, 3.63) is 16.4 Å². The predicted octanol–water partition coefficient (Wildman–Crippen LogP) is 0.847. The van der Waals surface area contributed by atoms with Crippen molar-refractivity contribution in [3.63, 3.8) is 0 Å². The van der Waals surface area contributed by atoms with Crippen LogP contribution in [0.1, 0.15) is 25.7 Å². The van der Waals surface area contributed by atoms with E-state index in [1.54, 1.807) is 0 Å². The van der Waals surface area contributed by atoms with Crippen LogP contribution < -0.4 is 11.3 Å². The summed E-state index contributed by atoms with van der Waals surface area (Å²) in [5.74, 6) is 0.553. The number of hydrogen-bond donors (Lipinski definition) is 2. The zero-order valence-electron chi connectivity index (χ0n) is 10.7. The Labute approximate surface area is 115 Å². The Morgan fingerprint density at radius 3 is 2.68 bits per heavy atom. The van der Waals surface area contributed by atoms with Gasteiger partial charge in [0.2, 0.25) is 5.91 Å². The van der Waals surface area contributed by atoms with Gasteiger partial charge in [0.05, 0.1) is 5.75 Å². The molecule has 6 nitrogen and oxygen atoms in total. The lowest BCUT2D eigenvalue weighted by Crippen LogP contribution is -2.33. The maximum absolute atomic E-state index is 12.0. The molecule has 1 saturated heterocycles. The van der Waals surface area contributed by atoms with Crippen LogP contribution in [0.25, 0.3) is 0 Å². The van der Waals surface area contributed by atoms with Gasteiger partial charge < -0.3 is 15.6 Å². The largest absolute Gasteiger partial charge is 0.383 e. The summed E-state index contributed by atoms with van der Waals surface area (Å²) in [5.41, 5.74) is 5.20. The summed E-state index contributed by atoms with van der Waals surface area (Å²) < 4.78 is 0. The zero-order chi connectivity index (χ0) is 13.7. The Morgan fingerprint density at radius 1 is 1.37 bits per heavy atom. The summed E-state index contributed by atoms with van der Waals surface area (Å²) in [6, 6.07) is 1.22. The van der Waals surface area contributed by atoms with Crippen LogP contribution in [0.15, 0.2) is 16.0 Å². The SMILES string of the molecule is Nc1cc(=O)[nH]c(SCC(=O)N2CCCCCC2)n1. The van der Waals surface area contributed by atoms with Crippen LogP contribution in [0, 0.1) is 0 Å². The first kappa shape index (κ1) is 13.9. The Morgan fingerprint density at radius 2 is 2.05 bits per heavy atom. The number of hydrogen-bond acceptors (Lipinski definition) is 5. The molecule has 1 aliphatic heterocycles. The molecule has 0 spiro atoms. The first-order valence-corrected chi connectivity index (χ1v) is 7.41. The molecular weight excluding hydrogens is 264 g/mol. The van der Waals surface area contributed by atoms with E-state index in [-0.39, 0.29) is 23.0 Å². The maximum Gasteiger partial charge on any atom is 0.253 e.